The molecule has 0 atom stereocenters. The van der Waals surface area contributed by atoms with Crippen LogP contribution in [0, 0.1) is 24.6 Å². The molecule has 21 heavy (non-hydrogen) atoms. The van der Waals surface area contributed by atoms with Crippen LogP contribution in [0.1, 0.15) is 26.7 Å². The Morgan fingerprint density at radius 1 is 1.52 bits per heavy atom. The number of aliphatic hydroxyl groups excluding tert-OH is 1. The Morgan fingerprint density at radius 2 is 2.33 bits per heavy atom. The zero-order valence-corrected chi connectivity index (χ0v) is 12.1. The van der Waals surface area contributed by atoms with Gasteiger partial charge in [-0.1, -0.05) is 11.8 Å². The molecular formula is C15H13FN2O2S. The predicted molar refractivity (Wildman–Crippen MR) is 79.8 cm³/mol. The number of amides is 1. The number of nitrogens with zero attached hydrogens (tertiary/aromatic N) is 1. The molecule has 0 aliphatic carbocycles. The first kappa shape index (κ1) is 15.2. The number of rotatable bonds is 3. The van der Waals surface area contributed by atoms with Crippen LogP contribution in [-0.2, 0) is 0 Å². The van der Waals surface area contributed by atoms with Crippen molar-refractivity contribution in [2.24, 2.45) is 0 Å². The molecule has 0 unspecified atom stereocenters. The summed E-state index contributed by atoms with van der Waals surface area (Å²) >= 11 is 1.29. The normalized spacial score (nSPS) is 9.86. The highest BCUT2D eigenvalue weighted by molar-refractivity contribution is 7.13. The van der Waals surface area contributed by atoms with E-state index in [-0.39, 0.29) is 24.5 Å². The highest BCUT2D eigenvalue weighted by atomic mass is 32.1. The minimum Gasteiger partial charge on any atom is -0.395 e. The second kappa shape index (κ2) is 6.97. The Balaban J connectivity index is 2.16. The third kappa shape index (κ3) is 4.12. The summed E-state index contributed by atoms with van der Waals surface area (Å²) in [5, 5.41) is 12.1. The van der Waals surface area contributed by atoms with Crippen molar-refractivity contribution in [3.63, 3.8) is 0 Å². The number of benzene rings is 1. The number of anilines is 1. The molecular weight excluding hydrogens is 291 g/mol. The van der Waals surface area contributed by atoms with Crippen LogP contribution in [0.3, 0.4) is 0 Å². The van der Waals surface area contributed by atoms with Crippen LogP contribution in [0.4, 0.5) is 10.1 Å². The van der Waals surface area contributed by atoms with E-state index in [1.165, 1.54) is 35.7 Å². The topological polar surface area (TPSA) is 62.2 Å². The zero-order chi connectivity index (χ0) is 15.2. The molecule has 2 aromatic rings. The zero-order valence-electron chi connectivity index (χ0n) is 11.3. The highest BCUT2D eigenvalue weighted by Gasteiger charge is 2.10. The Morgan fingerprint density at radius 3 is 3.00 bits per heavy atom. The monoisotopic (exact) mass is 304 g/mol. The van der Waals surface area contributed by atoms with E-state index >= 15 is 0 Å². The molecule has 0 aliphatic rings. The summed E-state index contributed by atoms with van der Waals surface area (Å²) in [7, 11) is 0. The number of aliphatic hydroxyl groups is 1. The molecule has 4 nitrogen and oxygen atoms in total. The highest BCUT2D eigenvalue weighted by Crippen LogP contribution is 2.17. The maximum atomic E-state index is 13.6. The van der Waals surface area contributed by atoms with Gasteiger partial charge >= 0.3 is 0 Å². The summed E-state index contributed by atoms with van der Waals surface area (Å²) in [5.74, 6) is 4.52. The molecule has 6 heteroatoms. The van der Waals surface area contributed by atoms with Gasteiger partial charge in [-0.25, -0.2) is 9.37 Å². The molecule has 1 aromatic heterocycles. The molecule has 2 rings (SSSR count). The van der Waals surface area contributed by atoms with E-state index in [0.717, 1.165) is 5.01 Å². The second-order valence-electron chi connectivity index (χ2n) is 4.17. The van der Waals surface area contributed by atoms with Crippen molar-refractivity contribution >= 4 is 22.9 Å². The van der Waals surface area contributed by atoms with Crippen molar-refractivity contribution in [3.05, 3.63) is 45.7 Å². The van der Waals surface area contributed by atoms with Crippen molar-refractivity contribution in [1.29, 1.82) is 0 Å². The standard InChI is InChI=1S/C15H13FN2O2S/c1-10-17-9-14(21-10)15(20)18-12-5-6-13(16)11(8-12)4-2-3-7-19/h5-6,8-9,19H,3,7H2,1H3,(H,18,20). The summed E-state index contributed by atoms with van der Waals surface area (Å²) in [6.07, 6.45) is 1.77. The summed E-state index contributed by atoms with van der Waals surface area (Å²) in [5.41, 5.74) is 0.641. The lowest BCUT2D eigenvalue weighted by Gasteiger charge is -2.04. The van der Waals surface area contributed by atoms with Gasteiger partial charge in [-0.3, -0.25) is 4.79 Å². The number of halogens is 1. The summed E-state index contributed by atoms with van der Waals surface area (Å²) in [4.78, 5) is 16.5. The van der Waals surface area contributed by atoms with Gasteiger partial charge in [-0.15, -0.1) is 11.3 Å². The number of aryl methyl sites for hydroxylation is 1. The van der Waals surface area contributed by atoms with E-state index < -0.39 is 5.82 Å². The van der Waals surface area contributed by atoms with Gasteiger partial charge in [0.05, 0.1) is 23.4 Å². The van der Waals surface area contributed by atoms with Gasteiger partial charge in [-0.2, -0.15) is 0 Å². The summed E-state index contributed by atoms with van der Waals surface area (Å²) in [6, 6.07) is 4.18. The quantitative estimate of drug-likeness (QED) is 0.857. The smallest absolute Gasteiger partial charge is 0.267 e. The van der Waals surface area contributed by atoms with Crippen LogP contribution < -0.4 is 5.32 Å². The molecule has 1 amide bonds. The molecule has 0 fully saturated rings. The first-order valence-corrected chi connectivity index (χ1v) is 7.05. The van der Waals surface area contributed by atoms with Crippen LogP contribution in [0.15, 0.2) is 24.4 Å². The van der Waals surface area contributed by atoms with Crippen molar-refractivity contribution < 1.29 is 14.3 Å². The van der Waals surface area contributed by atoms with Crippen LogP contribution in [0.5, 0.6) is 0 Å². The van der Waals surface area contributed by atoms with Gasteiger partial charge in [-0.05, 0) is 25.1 Å². The first-order chi connectivity index (χ1) is 10.1. The van der Waals surface area contributed by atoms with E-state index in [4.69, 9.17) is 5.11 Å². The second-order valence-corrected chi connectivity index (χ2v) is 5.40. The fourth-order valence-corrected chi connectivity index (χ4v) is 2.24. The molecule has 0 bridgehead atoms. The van der Waals surface area contributed by atoms with Gasteiger partial charge in [0.1, 0.15) is 10.7 Å². The number of hydrogen-bond acceptors (Lipinski definition) is 4. The molecule has 1 heterocycles. The van der Waals surface area contributed by atoms with Crippen molar-refractivity contribution in [1.82, 2.24) is 4.98 Å². The Kier molecular flexibility index (Phi) is 5.04. The SMILES string of the molecule is Cc1ncc(C(=O)Nc2ccc(F)c(C#CCCO)c2)s1. The van der Waals surface area contributed by atoms with Gasteiger partial charge in [0.25, 0.3) is 5.91 Å². The largest absolute Gasteiger partial charge is 0.395 e. The minimum absolute atomic E-state index is 0.0736. The number of carbonyl (C=O) groups is 1. The van der Waals surface area contributed by atoms with E-state index in [0.29, 0.717) is 10.6 Å². The Labute approximate surface area is 125 Å². The molecule has 2 N–H and O–H groups in total. The van der Waals surface area contributed by atoms with Crippen LogP contribution in [0.2, 0.25) is 0 Å². The van der Waals surface area contributed by atoms with E-state index in [1.54, 1.807) is 0 Å². The van der Waals surface area contributed by atoms with Crippen molar-refractivity contribution in [2.75, 3.05) is 11.9 Å². The molecule has 0 saturated heterocycles. The third-order valence-electron chi connectivity index (χ3n) is 2.53. The minimum atomic E-state index is -0.466. The fourth-order valence-electron chi connectivity index (χ4n) is 1.57. The van der Waals surface area contributed by atoms with Crippen LogP contribution >= 0.6 is 11.3 Å². The molecule has 108 valence electrons. The van der Waals surface area contributed by atoms with Crippen LogP contribution in [0.25, 0.3) is 0 Å². The molecule has 0 saturated carbocycles. The fraction of sp³-hybridized carbons (Fsp3) is 0.200. The van der Waals surface area contributed by atoms with E-state index in [1.807, 2.05) is 6.92 Å². The van der Waals surface area contributed by atoms with Crippen LogP contribution in [-0.4, -0.2) is 22.6 Å². The van der Waals surface area contributed by atoms with Gasteiger partial charge in [0.15, 0.2) is 0 Å². The summed E-state index contributed by atoms with van der Waals surface area (Å²) < 4.78 is 13.6. The maximum Gasteiger partial charge on any atom is 0.267 e. The average molecular weight is 304 g/mol. The van der Waals surface area contributed by atoms with E-state index in [9.17, 15) is 9.18 Å². The Bertz CT molecular complexity index is 716. The lowest BCUT2D eigenvalue weighted by Crippen LogP contribution is -2.10. The lowest BCUT2D eigenvalue weighted by molar-refractivity contribution is 0.103. The number of nitrogens with one attached hydrogen (secondary N) is 1. The number of aromatic nitrogens is 1. The van der Waals surface area contributed by atoms with Crippen molar-refractivity contribution in [3.8, 4) is 11.8 Å². The van der Waals surface area contributed by atoms with Gasteiger partial charge < -0.3 is 10.4 Å². The average Bonchev–Trinajstić information content (AvgIpc) is 2.89. The van der Waals surface area contributed by atoms with E-state index in [2.05, 4.69) is 22.1 Å². The number of thiazole rings is 1. The first-order valence-electron chi connectivity index (χ1n) is 6.23. The molecule has 1 aromatic carbocycles. The van der Waals surface area contributed by atoms with Gasteiger partial charge in [0.2, 0.25) is 0 Å². The lowest BCUT2D eigenvalue weighted by atomic mass is 10.2. The van der Waals surface area contributed by atoms with Crippen molar-refractivity contribution in [2.45, 2.75) is 13.3 Å². The summed E-state index contributed by atoms with van der Waals surface area (Å²) in [6.45, 7) is 1.74. The Hall–Kier alpha value is -2.23. The molecule has 0 aliphatic heterocycles. The maximum absolute atomic E-state index is 13.6. The number of carbonyl (C=O) groups excluding carboxylic acids is 1. The molecule has 0 radical (unpaired) electrons. The number of hydrogen-bond donors (Lipinski definition) is 2. The third-order valence-corrected chi connectivity index (χ3v) is 3.44. The predicted octanol–water partition coefficient (Wildman–Crippen LogP) is 2.58. The molecule has 0 spiro atoms. The van der Waals surface area contributed by atoms with Gasteiger partial charge in [0, 0.05) is 12.1 Å².